The lowest BCUT2D eigenvalue weighted by Gasteiger charge is -2.07. The Morgan fingerprint density at radius 1 is 1.05 bits per heavy atom. The molecule has 1 aromatic heterocycles. The quantitative estimate of drug-likeness (QED) is 0.794. The molecule has 1 heterocycles. The van der Waals surface area contributed by atoms with E-state index in [0.29, 0.717) is 17.0 Å². The molecule has 0 radical (unpaired) electrons. The summed E-state index contributed by atoms with van der Waals surface area (Å²) in [6.45, 7) is 0. The standard InChI is InChI=1S/C16H9F2N3O/c17-12-3-1-11(2-4-12)16-15(9-20-21-16)22-14-6-10(8-19)5-13(18)7-14/h1-7,9H,(H,20,21). The molecule has 0 saturated heterocycles. The average Bonchev–Trinajstić information content (AvgIpc) is 2.95. The van der Waals surface area contributed by atoms with Crippen molar-refractivity contribution >= 4 is 0 Å². The molecule has 0 spiro atoms. The molecule has 4 nitrogen and oxygen atoms in total. The summed E-state index contributed by atoms with van der Waals surface area (Å²) in [6, 6.07) is 11.3. The third-order valence-corrected chi connectivity index (χ3v) is 2.97. The van der Waals surface area contributed by atoms with Gasteiger partial charge < -0.3 is 4.74 Å². The highest BCUT2D eigenvalue weighted by molar-refractivity contribution is 5.66. The number of H-pyrrole nitrogens is 1. The molecule has 0 atom stereocenters. The molecule has 3 rings (SSSR count). The smallest absolute Gasteiger partial charge is 0.172 e. The molecule has 1 N–H and O–H groups in total. The van der Waals surface area contributed by atoms with E-state index >= 15 is 0 Å². The molecular formula is C16H9F2N3O. The van der Waals surface area contributed by atoms with Crippen LogP contribution in [0.4, 0.5) is 8.78 Å². The maximum absolute atomic E-state index is 13.4. The average molecular weight is 297 g/mol. The first-order valence-corrected chi connectivity index (χ1v) is 6.33. The Balaban J connectivity index is 1.95. The van der Waals surface area contributed by atoms with Crippen molar-refractivity contribution in [2.24, 2.45) is 0 Å². The van der Waals surface area contributed by atoms with E-state index < -0.39 is 5.82 Å². The summed E-state index contributed by atoms with van der Waals surface area (Å²) >= 11 is 0. The number of nitriles is 1. The fraction of sp³-hybridized carbons (Fsp3) is 0. The summed E-state index contributed by atoms with van der Waals surface area (Å²) in [5, 5.41) is 15.5. The molecule has 0 aliphatic heterocycles. The van der Waals surface area contributed by atoms with Crippen molar-refractivity contribution in [2.45, 2.75) is 0 Å². The largest absolute Gasteiger partial charge is 0.453 e. The van der Waals surface area contributed by atoms with Crippen LogP contribution in [0.2, 0.25) is 0 Å². The number of halogens is 2. The number of aromatic nitrogens is 2. The minimum absolute atomic E-state index is 0.154. The summed E-state index contributed by atoms with van der Waals surface area (Å²) in [5.74, 6) is -0.391. The van der Waals surface area contributed by atoms with Crippen LogP contribution in [0.5, 0.6) is 11.5 Å². The van der Waals surface area contributed by atoms with E-state index in [1.54, 1.807) is 12.1 Å². The van der Waals surface area contributed by atoms with E-state index in [9.17, 15) is 8.78 Å². The predicted octanol–water partition coefficient (Wildman–Crippen LogP) is 4.02. The Kier molecular flexibility index (Phi) is 3.54. The maximum Gasteiger partial charge on any atom is 0.172 e. The highest BCUT2D eigenvalue weighted by atomic mass is 19.1. The van der Waals surface area contributed by atoms with Gasteiger partial charge in [0.15, 0.2) is 5.75 Å². The minimum atomic E-state index is -0.569. The monoisotopic (exact) mass is 297 g/mol. The van der Waals surface area contributed by atoms with Crippen LogP contribution in [0, 0.1) is 23.0 Å². The van der Waals surface area contributed by atoms with Crippen LogP contribution < -0.4 is 4.74 Å². The highest BCUT2D eigenvalue weighted by Crippen LogP contribution is 2.32. The summed E-state index contributed by atoms with van der Waals surface area (Å²) in [7, 11) is 0. The predicted molar refractivity (Wildman–Crippen MR) is 75.2 cm³/mol. The van der Waals surface area contributed by atoms with Gasteiger partial charge in [0.1, 0.15) is 23.1 Å². The number of benzene rings is 2. The van der Waals surface area contributed by atoms with Crippen LogP contribution >= 0.6 is 0 Å². The molecule has 0 aliphatic rings. The molecule has 2 aromatic carbocycles. The van der Waals surface area contributed by atoms with Gasteiger partial charge in [-0.2, -0.15) is 10.4 Å². The first-order valence-electron chi connectivity index (χ1n) is 6.33. The third kappa shape index (κ3) is 2.79. The van der Waals surface area contributed by atoms with Crippen molar-refractivity contribution in [3.8, 4) is 28.8 Å². The second kappa shape index (κ2) is 5.66. The lowest BCUT2D eigenvalue weighted by Crippen LogP contribution is -1.89. The Morgan fingerprint density at radius 2 is 1.82 bits per heavy atom. The molecule has 0 aliphatic carbocycles. The van der Waals surface area contributed by atoms with Crippen molar-refractivity contribution in [3.63, 3.8) is 0 Å². The van der Waals surface area contributed by atoms with Crippen molar-refractivity contribution in [1.29, 1.82) is 5.26 Å². The van der Waals surface area contributed by atoms with Crippen LogP contribution in [0.25, 0.3) is 11.3 Å². The van der Waals surface area contributed by atoms with Gasteiger partial charge in [-0.15, -0.1) is 0 Å². The van der Waals surface area contributed by atoms with E-state index in [-0.39, 0.29) is 17.1 Å². The lowest BCUT2D eigenvalue weighted by atomic mass is 10.1. The SMILES string of the molecule is N#Cc1cc(F)cc(Oc2cn[nH]c2-c2ccc(F)cc2)c1. The van der Waals surface area contributed by atoms with E-state index in [2.05, 4.69) is 10.2 Å². The second-order valence-corrected chi connectivity index (χ2v) is 4.51. The molecule has 0 amide bonds. The number of rotatable bonds is 3. The van der Waals surface area contributed by atoms with Crippen LogP contribution in [-0.2, 0) is 0 Å². The molecule has 6 heteroatoms. The van der Waals surface area contributed by atoms with Crippen LogP contribution in [0.1, 0.15) is 5.56 Å². The zero-order chi connectivity index (χ0) is 15.5. The Morgan fingerprint density at radius 3 is 2.55 bits per heavy atom. The Labute approximate surface area is 124 Å². The molecule has 0 bridgehead atoms. The summed E-state index contributed by atoms with van der Waals surface area (Å²) in [4.78, 5) is 0. The van der Waals surface area contributed by atoms with Crippen LogP contribution in [-0.4, -0.2) is 10.2 Å². The molecule has 0 unspecified atom stereocenters. The molecule has 0 fully saturated rings. The topological polar surface area (TPSA) is 61.7 Å². The Bertz CT molecular complexity index is 851. The number of hydrogen-bond donors (Lipinski definition) is 1. The lowest BCUT2D eigenvalue weighted by molar-refractivity contribution is 0.478. The van der Waals surface area contributed by atoms with E-state index in [1.165, 1.54) is 30.5 Å². The van der Waals surface area contributed by atoms with Gasteiger partial charge in [0.25, 0.3) is 0 Å². The van der Waals surface area contributed by atoms with Gasteiger partial charge in [0, 0.05) is 11.6 Å². The fourth-order valence-corrected chi connectivity index (χ4v) is 1.99. The second-order valence-electron chi connectivity index (χ2n) is 4.51. The van der Waals surface area contributed by atoms with Gasteiger partial charge in [-0.25, -0.2) is 8.78 Å². The zero-order valence-corrected chi connectivity index (χ0v) is 11.2. The number of nitrogens with zero attached hydrogens (tertiary/aromatic N) is 2. The van der Waals surface area contributed by atoms with E-state index in [0.717, 1.165) is 6.07 Å². The van der Waals surface area contributed by atoms with E-state index in [1.807, 2.05) is 6.07 Å². The fourth-order valence-electron chi connectivity index (χ4n) is 1.99. The third-order valence-electron chi connectivity index (χ3n) is 2.97. The number of hydrogen-bond acceptors (Lipinski definition) is 3. The summed E-state index contributed by atoms with van der Waals surface area (Å²) in [6.07, 6.45) is 1.43. The van der Waals surface area contributed by atoms with Crippen LogP contribution in [0.3, 0.4) is 0 Å². The molecule has 108 valence electrons. The van der Waals surface area contributed by atoms with Gasteiger partial charge >= 0.3 is 0 Å². The first kappa shape index (κ1) is 13.8. The molecule has 3 aromatic rings. The van der Waals surface area contributed by atoms with E-state index in [4.69, 9.17) is 10.00 Å². The molecular weight excluding hydrogens is 288 g/mol. The van der Waals surface area contributed by atoms with Gasteiger partial charge in [0.05, 0.1) is 17.8 Å². The molecule has 0 saturated carbocycles. The number of aromatic amines is 1. The van der Waals surface area contributed by atoms with Gasteiger partial charge in [-0.1, -0.05) is 0 Å². The van der Waals surface area contributed by atoms with Crippen LogP contribution in [0.15, 0.2) is 48.7 Å². The first-order chi connectivity index (χ1) is 10.7. The number of nitrogens with one attached hydrogen (secondary N) is 1. The van der Waals surface area contributed by atoms with Crippen molar-refractivity contribution in [3.05, 3.63) is 65.9 Å². The molecule has 22 heavy (non-hydrogen) atoms. The van der Waals surface area contributed by atoms with Gasteiger partial charge in [-0.3, -0.25) is 5.10 Å². The highest BCUT2D eigenvalue weighted by Gasteiger charge is 2.11. The van der Waals surface area contributed by atoms with Crippen molar-refractivity contribution in [1.82, 2.24) is 10.2 Å². The maximum atomic E-state index is 13.4. The normalized spacial score (nSPS) is 10.2. The summed E-state index contributed by atoms with van der Waals surface area (Å²) in [5.41, 5.74) is 1.36. The van der Waals surface area contributed by atoms with Crippen molar-refractivity contribution in [2.75, 3.05) is 0 Å². The number of ether oxygens (including phenoxy) is 1. The Hall–Kier alpha value is -3.20. The van der Waals surface area contributed by atoms with Gasteiger partial charge in [-0.05, 0) is 36.4 Å². The summed E-state index contributed by atoms with van der Waals surface area (Å²) < 4.78 is 32.0. The van der Waals surface area contributed by atoms with Crippen molar-refractivity contribution < 1.29 is 13.5 Å². The van der Waals surface area contributed by atoms with Gasteiger partial charge in [0.2, 0.25) is 0 Å². The zero-order valence-electron chi connectivity index (χ0n) is 11.2. The minimum Gasteiger partial charge on any atom is -0.453 e.